The highest BCUT2D eigenvalue weighted by atomic mass is 16.5. The van der Waals surface area contributed by atoms with Gasteiger partial charge in [-0.3, -0.25) is 4.79 Å². The molecule has 0 aromatic heterocycles. The van der Waals surface area contributed by atoms with E-state index in [1.165, 1.54) is 39.5 Å². The fourth-order valence-corrected chi connectivity index (χ4v) is 3.77. The number of hydrogen-bond acceptors (Lipinski definition) is 8. The molecule has 0 aliphatic heterocycles. The van der Waals surface area contributed by atoms with Gasteiger partial charge in [-0.15, -0.1) is 0 Å². The number of ketones is 1. The Morgan fingerprint density at radius 3 is 1.95 bits per heavy atom. The number of phenols is 2. The molecular weight excluding hydrogens is 476 g/mol. The number of carbonyl (C=O) groups excluding carboxylic acids is 1. The number of phenolic OH excluding ortho intramolecular Hbond substituents is 2. The summed E-state index contributed by atoms with van der Waals surface area (Å²) < 4.78 is 26.5. The lowest BCUT2D eigenvalue weighted by Gasteiger charge is -2.13. The topological polar surface area (TPSA) is 104 Å². The second kappa shape index (κ2) is 12.4. The summed E-state index contributed by atoms with van der Waals surface area (Å²) in [5, 5.41) is 20.7. The number of aromatic hydroxyl groups is 2. The Bertz CT molecular complexity index is 1300. The van der Waals surface area contributed by atoms with Gasteiger partial charge < -0.3 is 33.9 Å². The average molecular weight is 507 g/mol. The third-order valence-corrected chi connectivity index (χ3v) is 5.70. The van der Waals surface area contributed by atoms with Gasteiger partial charge >= 0.3 is 0 Å². The first-order valence-electron chi connectivity index (χ1n) is 11.3. The van der Waals surface area contributed by atoms with Crippen molar-refractivity contribution in [2.75, 3.05) is 35.5 Å². The molecule has 3 rings (SSSR count). The van der Waals surface area contributed by atoms with E-state index in [0.29, 0.717) is 34.1 Å². The molecule has 0 heterocycles. The minimum Gasteiger partial charge on any atom is -0.504 e. The van der Waals surface area contributed by atoms with Gasteiger partial charge in [0.2, 0.25) is 5.75 Å². The zero-order valence-corrected chi connectivity index (χ0v) is 21.4. The van der Waals surface area contributed by atoms with Crippen LogP contribution in [0.15, 0.2) is 54.6 Å². The van der Waals surface area contributed by atoms with Gasteiger partial charge in [-0.2, -0.15) is 0 Å². The van der Waals surface area contributed by atoms with Gasteiger partial charge in [-0.05, 0) is 60.0 Å². The molecule has 3 aromatic rings. The van der Waals surface area contributed by atoms with Gasteiger partial charge in [0.05, 0.1) is 35.5 Å². The molecule has 0 aliphatic rings. The largest absolute Gasteiger partial charge is 0.504 e. The quantitative estimate of drug-likeness (QED) is 0.205. The second-order valence-corrected chi connectivity index (χ2v) is 7.83. The second-order valence-electron chi connectivity index (χ2n) is 7.83. The van der Waals surface area contributed by atoms with Crippen LogP contribution < -0.4 is 23.7 Å². The molecule has 0 radical (unpaired) electrons. The molecule has 0 fully saturated rings. The van der Waals surface area contributed by atoms with Gasteiger partial charge in [-0.25, -0.2) is 0 Å². The van der Waals surface area contributed by atoms with E-state index >= 15 is 0 Å². The van der Waals surface area contributed by atoms with Crippen LogP contribution >= 0.6 is 0 Å². The van der Waals surface area contributed by atoms with E-state index in [4.69, 9.17) is 23.7 Å². The Morgan fingerprint density at radius 1 is 0.757 bits per heavy atom. The Morgan fingerprint density at radius 2 is 1.38 bits per heavy atom. The smallest absolute Gasteiger partial charge is 0.203 e. The number of ether oxygens (including phenoxy) is 5. The predicted molar refractivity (Wildman–Crippen MR) is 142 cm³/mol. The fraction of sp³-hybridized carbons (Fsp3) is 0.207. The number of benzene rings is 3. The molecule has 8 heteroatoms. The van der Waals surface area contributed by atoms with Crippen molar-refractivity contribution in [2.45, 2.75) is 6.42 Å². The maximum Gasteiger partial charge on any atom is 0.203 e. The third-order valence-electron chi connectivity index (χ3n) is 5.70. The van der Waals surface area contributed by atoms with Crippen LogP contribution in [-0.4, -0.2) is 51.5 Å². The van der Waals surface area contributed by atoms with Crippen LogP contribution in [-0.2, 0) is 6.42 Å². The van der Waals surface area contributed by atoms with Crippen LogP contribution in [0.3, 0.4) is 0 Å². The highest BCUT2D eigenvalue weighted by Crippen LogP contribution is 2.39. The van der Waals surface area contributed by atoms with Crippen molar-refractivity contribution >= 4 is 17.9 Å². The Balaban J connectivity index is 1.90. The Hall–Kier alpha value is -4.59. The maximum absolute atomic E-state index is 12.6. The summed E-state index contributed by atoms with van der Waals surface area (Å²) in [6, 6.07) is 11.5. The first-order valence-corrected chi connectivity index (χ1v) is 11.3. The van der Waals surface area contributed by atoms with E-state index in [2.05, 4.69) is 0 Å². The van der Waals surface area contributed by atoms with Crippen molar-refractivity contribution in [3.8, 4) is 40.2 Å². The van der Waals surface area contributed by atoms with Crippen molar-refractivity contribution in [1.29, 1.82) is 0 Å². The molecule has 3 aromatic carbocycles. The minimum absolute atomic E-state index is 0.0197. The highest BCUT2D eigenvalue weighted by Gasteiger charge is 2.14. The van der Waals surface area contributed by atoms with E-state index in [1.807, 2.05) is 30.4 Å². The van der Waals surface area contributed by atoms with Crippen LogP contribution in [0.1, 0.15) is 27.0 Å². The average Bonchev–Trinajstić information content (AvgIpc) is 2.92. The number of hydrogen-bond donors (Lipinski definition) is 2. The summed E-state index contributed by atoms with van der Waals surface area (Å²) in [5.74, 6) is 1.70. The first kappa shape index (κ1) is 27.0. The normalized spacial score (nSPS) is 11.1. The predicted octanol–water partition coefficient (Wildman–Crippen LogP) is 5.29. The van der Waals surface area contributed by atoms with E-state index in [1.54, 1.807) is 32.4 Å². The van der Waals surface area contributed by atoms with Crippen LogP contribution in [0.2, 0.25) is 0 Å². The molecule has 0 spiro atoms. The molecular formula is C29H30O8. The zero-order chi connectivity index (χ0) is 26.9. The van der Waals surface area contributed by atoms with Gasteiger partial charge in [0.15, 0.2) is 40.3 Å². The van der Waals surface area contributed by atoms with Crippen molar-refractivity contribution in [3.63, 3.8) is 0 Å². The molecule has 8 nitrogen and oxygen atoms in total. The molecule has 0 saturated carbocycles. The van der Waals surface area contributed by atoms with Crippen LogP contribution in [0.5, 0.6) is 40.2 Å². The molecule has 0 saturated heterocycles. The molecule has 2 N–H and O–H groups in total. The van der Waals surface area contributed by atoms with E-state index in [9.17, 15) is 15.0 Å². The third kappa shape index (κ3) is 6.16. The number of carbonyl (C=O) groups is 1. The van der Waals surface area contributed by atoms with Crippen molar-refractivity contribution in [3.05, 3.63) is 76.9 Å². The maximum atomic E-state index is 12.6. The van der Waals surface area contributed by atoms with Gasteiger partial charge in [0, 0.05) is 11.1 Å². The molecule has 194 valence electrons. The minimum atomic E-state index is -0.296. The molecule has 37 heavy (non-hydrogen) atoms. The lowest BCUT2D eigenvalue weighted by Crippen LogP contribution is -1.97. The summed E-state index contributed by atoms with van der Waals surface area (Å²) in [4.78, 5) is 12.6. The van der Waals surface area contributed by atoms with Gasteiger partial charge in [0.25, 0.3) is 0 Å². The Kier molecular flexibility index (Phi) is 9.05. The van der Waals surface area contributed by atoms with Crippen LogP contribution in [0, 0.1) is 0 Å². The van der Waals surface area contributed by atoms with Crippen molar-refractivity contribution in [2.24, 2.45) is 0 Å². The van der Waals surface area contributed by atoms with E-state index in [0.717, 1.165) is 11.1 Å². The van der Waals surface area contributed by atoms with Crippen LogP contribution in [0.25, 0.3) is 12.2 Å². The van der Waals surface area contributed by atoms with Crippen molar-refractivity contribution < 1.29 is 38.7 Å². The van der Waals surface area contributed by atoms with E-state index in [-0.39, 0.29) is 29.5 Å². The SMILES string of the molecule is COc1ccc(C(=O)/C=C\Cc2c(/C=C\c3cc(OC)c(OC)c(OC)c3)ccc(OC)c2O)cc1O. The molecule has 0 bridgehead atoms. The molecule has 0 aliphatic carbocycles. The monoisotopic (exact) mass is 506 g/mol. The molecule has 0 amide bonds. The van der Waals surface area contributed by atoms with Gasteiger partial charge in [-0.1, -0.05) is 24.3 Å². The number of allylic oxidation sites excluding steroid dienone is 2. The molecule has 0 atom stereocenters. The standard InChI is InChI=1S/C29H30O8/c1-33-24-13-12-20(17-23(24)31)22(30)8-6-7-21-19(11-14-25(34-2)28(21)32)10-9-18-15-26(35-3)29(37-5)27(16-18)36-4/h6,8-17,31-32H,7H2,1-5H3/b8-6-,10-9-. The zero-order valence-electron chi connectivity index (χ0n) is 21.4. The summed E-state index contributed by atoms with van der Waals surface area (Å²) in [6.07, 6.45) is 6.99. The van der Waals surface area contributed by atoms with Crippen molar-refractivity contribution in [1.82, 2.24) is 0 Å². The lowest BCUT2D eigenvalue weighted by molar-refractivity contribution is 0.104. The fourth-order valence-electron chi connectivity index (χ4n) is 3.77. The molecule has 0 unspecified atom stereocenters. The summed E-state index contributed by atoms with van der Waals surface area (Å²) in [6.45, 7) is 0. The summed E-state index contributed by atoms with van der Waals surface area (Å²) in [7, 11) is 7.54. The first-order chi connectivity index (χ1) is 17.9. The van der Waals surface area contributed by atoms with E-state index < -0.39 is 0 Å². The highest BCUT2D eigenvalue weighted by molar-refractivity contribution is 6.04. The Labute approximate surface area is 215 Å². The number of methoxy groups -OCH3 is 5. The summed E-state index contributed by atoms with van der Waals surface area (Å²) >= 11 is 0. The number of rotatable bonds is 11. The summed E-state index contributed by atoms with van der Waals surface area (Å²) in [5.41, 5.74) is 2.41. The lowest BCUT2D eigenvalue weighted by atomic mass is 10.00. The van der Waals surface area contributed by atoms with Gasteiger partial charge in [0.1, 0.15) is 0 Å². The van der Waals surface area contributed by atoms with Crippen LogP contribution in [0.4, 0.5) is 0 Å².